The number of amides is 1. The van der Waals surface area contributed by atoms with Crippen LogP contribution in [0.4, 0.5) is 5.82 Å². The Labute approximate surface area is 118 Å². The van der Waals surface area contributed by atoms with Crippen LogP contribution in [-0.4, -0.2) is 25.5 Å². The highest BCUT2D eigenvalue weighted by Gasteiger charge is 2.12. The Bertz CT molecular complexity index is 638. The minimum Gasteiger partial charge on any atom is -0.311 e. The van der Waals surface area contributed by atoms with Crippen LogP contribution in [0.15, 0.2) is 6.07 Å². The lowest BCUT2D eigenvalue weighted by atomic mass is 10.1. The molecule has 6 nitrogen and oxygen atoms in total. The summed E-state index contributed by atoms with van der Waals surface area (Å²) in [6.07, 6.45) is 1.14. The molecule has 0 saturated heterocycles. The van der Waals surface area contributed by atoms with Crippen LogP contribution in [0, 0.1) is 20.8 Å². The lowest BCUT2D eigenvalue weighted by Gasteiger charge is -2.05. The molecule has 0 fully saturated rings. The van der Waals surface area contributed by atoms with Crippen LogP contribution in [0.2, 0.25) is 0 Å². The third-order valence-corrected chi connectivity index (χ3v) is 3.53. The lowest BCUT2D eigenvalue weighted by Crippen LogP contribution is -2.15. The molecule has 0 spiro atoms. The highest BCUT2D eigenvalue weighted by atomic mass is 16.1. The smallest absolute Gasteiger partial charge is 0.225 e. The van der Waals surface area contributed by atoms with Crippen LogP contribution >= 0.6 is 0 Å². The van der Waals surface area contributed by atoms with Gasteiger partial charge in [-0.1, -0.05) is 0 Å². The zero-order valence-electron chi connectivity index (χ0n) is 12.7. The molecule has 0 saturated carbocycles. The first kappa shape index (κ1) is 14.3. The molecule has 2 rings (SSSR count). The van der Waals surface area contributed by atoms with E-state index >= 15 is 0 Å². The Kier molecular flexibility index (Phi) is 3.92. The van der Waals surface area contributed by atoms with E-state index in [9.17, 15) is 4.79 Å². The van der Waals surface area contributed by atoms with Gasteiger partial charge in [-0.15, -0.1) is 0 Å². The quantitative estimate of drug-likeness (QED) is 0.922. The summed E-state index contributed by atoms with van der Waals surface area (Å²) in [5.74, 6) is 0.725. The largest absolute Gasteiger partial charge is 0.311 e. The summed E-state index contributed by atoms with van der Waals surface area (Å²) in [7, 11) is 3.74. The van der Waals surface area contributed by atoms with E-state index in [0.29, 0.717) is 12.8 Å². The molecule has 0 aliphatic heterocycles. The van der Waals surface area contributed by atoms with Gasteiger partial charge in [0.1, 0.15) is 5.82 Å². The van der Waals surface area contributed by atoms with Crippen LogP contribution in [-0.2, 0) is 25.3 Å². The maximum Gasteiger partial charge on any atom is 0.225 e. The van der Waals surface area contributed by atoms with Crippen LogP contribution in [0.25, 0.3) is 0 Å². The molecule has 2 aromatic heterocycles. The van der Waals surface area contributed by atoms with Crippen molar-refractivity contribution in [1.82, 2.24) is 19.6 Å². The minimum absolute atomic E-state index is 0.00402. The van der Waals surface area contributed by atoms with Crippen molar-refractivity contribution in [1.29, 1.82) is 0 Å². The van der Waals surface area contributed by atoms with Crippen molar-refractivity contribution in [3.63, 3.8) is 0 Å². The fraction of sp³-hybridized carbons (Fsp3) is 0.500. The van der Waals surface area contributed by atoms with E-state index in [4.69, 9.17) is 0 Å². The third kappa shape index (κ3) is 2.89. The predicted octanol–water partition coefficient (Wildman–Crippen LogP) is 1.65. The van der Waals surface area contributed by atoms with E-state index in [-0.39, 0.29) is 5.91 Å². The third-order valence-electron chi connectivity index (χ3n) is 3.53. The van der Waals surface area contributed by atoms with Crippen molar-refractivity contribution in [2.45, 2.75) is 33.6 Å². The minimum atomic E-state index is -0.00402. The van der Waals surface area contributed by atoms with Gasteiger partial charge in [-0.2, -0.15) is 10.2 Å². The van der Waals surface area contributed by atoms with Gasteiger partial charge in [0.2, 0.25) is 5.91 Å². The number of hydrogen-bond acceptors (Lipinski definition) is 3. The zero-order valence-corrected chi connectivity index (χ0v) is 12.7. The fourth-order valence-electron chi connectivity index (χ4n) is 2.35. The molecular weight excluding hydrogens is 254 g/mol. The molecule has 1 N–H and O–H groups in total. The molecule has 0 aliphatic rings. The SMILES string of the molecule is Cc1cc(NC(=O)CCc2c(C)nn(C)c2C)n(C)n1. The van der Waals surface area contributed by atoms with Crippen LogP contribution < -0.4 is 5.32 Å². The average molecular weight is 275 g/mol. The second-order valence-corrected chi connectivity index (χ2v) is 5.12. The number of nitrogens with one attached hydrogen (secondary N) is 1. The van der Waals surface area contributed by atoms with E-state index in [1.807, 2.05) is 45.6 Å². The van der Waals surface area contributed by atoms with Gasteiger partial charge < -0.3 is 5.32 Å². The monoisotopic (exact) mass is 275 g/mol. The number of rotatable bonds is 4. The van der Waals surface area contributed by atoms with E-state index in [1.54, 1.807) is 4.68 Å². The zero-order chi connectivity index (χ0) is 14.9. The molecule has 108 valence electrons. The predicted molar refractivity (Wildman–Crippen MR) is 77.6 cm³/mol. The number of carbonyl (C=O) groups excluding carboxylic acids is 1. The van der Waals surface area contributed by atoms with Gasteiger partial charge in [0.15, 0.2) is 0 Å². The second kappa shape index (κ2) is 5.48. The van der Waals surface area contributed by atoms with Gasteiger partial charge in [0, 0.05) is 32.3 Å². The van der Waals surface area contributed by atoms with Crippen LogP contribution in [0.3, 0.4) is 0 Å². The Morgan fingerprint density at radius 2 is 1.90 bits per heavy atom. The Hall–Kier alpha value is -2.11. The molecule has 0 atom stereocenters. The Morgan fingerprint density at radius 3 is 2.40 bits per heavy atom. The summed E-state index contributed by atoms with van der Waals surface area (Å²) in [6.45, 7) is 5.90. The van der Waals surface area contributed by atoms with Gasteiger partial charge in [-0.25, -0.2) is 0 Å². The number of aromatic nitrogens is 4. The number of carbonyl (C=O) groups is 1. The average Bonchev–Trinajstić information content (AvgIpc) is 2.78. The van der Waals surface area contributed by atoms with E-state index in [0.717, 1.165) is 28.5 Å². The Morgan fingerprint density at radius 1 is 1.20 bits per heavy atom. The first-order valence-electron chi connectivity index (χ1n) is 6.68. The molecular formula is C14H21N5O. The van der Waals surface area contributed by atoms with Crippen molar-refractivity contribution in [2.24, 2.45) is 14.1 Å². The first-order chi connectivity index (χ1) is 9.38. The summed E-state index contributed by atoms with van der Waals surface area (Å²) < 4.78 is 3.53. The normalized spacial score (nSPS) is 10.8. The second-order valence-electron chi connectivity index (χ2n) is 5.12. The highest BCUT2D eigenvalue weighted by molar-refractivity contribution is 5.90. The summed E-state index contributed by atoms with van der Waals surface area (Å²) >= 11 is 0. The summed E-state index contributed by atoms with van der Waals surface area (Å²) in [4.78, 5) is 12.0. The van der Waals surface area contributed by atoms with Crippen molar-refractivity contribution in [2.75, 3.05) is 5.32 Å². The molecule has 0 unspecified atom stereocenters. The molecule has 0 radical (unpaired) electrons. The van der Waals surface area contributed by atoms with Crippen LogP contribution in [0.5, 0.6) is 0 Å². The van der Waals surface area contributed by atoms with E-state index in [1.165, 1.54) is 0 Å². The first-order valence-corrected chi connectivity index (χ1v) is 6.68. The van der Waals surface area contributed by atoms with Gasteiger partial charge in [-0.3, -0.25) is 14.2 Å². The molecule has 6 heteroatoms. The van der Waals surface area contributed by atoms with Crippen molar-refractivity contribution >= 4 is 11.7 Å². The highest BCUT2D eigenvalue weighted by Crippen LogP contribution is 2.15. The summed E-state index contributed by atoms with van der Waals surface area (Å²) in [6, 6.07) is 1.86. The number of anilines is 1. The molecule has 1 amide bonds. The molecule has 0 aromatic carbocycles. The fourth-order valence-corrected chi connectivity index (χ4v) is 2.35. The summed E-state index contributed by atoms with van der Waals surface area (Å²) in [5, 5.41) is 11.4. The molecule has 0 aliphatic carbocycles. The molecule has 0 bridgehead atoms. The van der Waals surface area contributed by atoms with Gasteiger partial charge in [-0.05, 0) is 32.8 Å². The van der Waals surface area contributed by atoms with Crippen LogP contribution in [0.1, 0.15) is 29.1 Å². The maximum absolute atomic E-state index is 12.0. The Balaban J connectivity index is 1.97. The van der Waals surface area contributed by atoms with Gasteiger partial charge >= 0.3 is 0 Å². The number of nitrogens with zero attached hydrogens (tertiary/aromatic N) is 4. The van der Waals surface area contributed by atoms with E-state index in [2.05, 4.69) is 15.5 Å². The van der Waals surface area contributed by atoms with Gasteiger partial charge in [0.25, 0.3) is 0 Å². The number of aryl methyl sites for hydroxylation is 4. The topological polar surface area (TPSA) is 64.7 Å². The van der Waals surface area contributed by atoms with Crippen molar-refractivity contribution in [3.8, 4) is 0 Å². The van der Waals surface area contributed by atoms with Gasteiger partial charge in [0.05, 0.1) is 11.4 Å². The molecule has 2 aromatic rings. The summed E-state index contributed by atoms with van der Waals surface area (Å²) in [5.41, 5.74) is 4.16. The molecule has 2 heterocycles. The van der Waals surface area contributed by atoms with Crippen molar-refractivity contribution < 1.29 is 4.79 Å². The van der Waals surface area contributed by atoms with Crippen molar-refractivity contribution in [3.05, 3.63) is 28.7 Å². The lowest BCUT2D eigenvalue weighted by molar-refractivity contribution is -0.116. The maximum atomic E-state index is 12.0. The van der Waals surface area contributed by atoms with E-state index < -0.39 is 0 Å². The molecule has 20 heavy (non-hydrogen) atoms. The number of hydrogen-bond donors (Lipinski definition) is 1. The standard InChI is InChI=1S/C14H21N5O/c1-9-8-13(19(5)16-9)15-14(20)7-6-12-10(2)17-18(4)11(12)3/h8H,6-7H2,1-5H3,(H,15,20).